The molecule has 0 bridgehead atoms. The normalized spacial score (nSPS) is 11.1. The SMILES string of the molecule is CCCc1nc2c(Cl)cc(C)cc2c(=O)n1C. The number of aromatic nitrogens is 2. The van der Waals surface area contributed by atoms with Crippen molar-refractivity contribution in [3.8, 4) is 0 Å². The van der Waals surface area contributed by atoms with Crippen molar-refractivity contribution in [2.45, 2.75) is 26.7 Å². The number of benzene rings is 1. The Morgan fingerprint density at radius 3 is 2.76 bits per heavy atom. The zero-order valence-electron chi connectivity index (χ0n) is 10.2. The standard InChI is InChI=1S/C13H15ClN2O/c1-4-5-11-15-12-9(13(17)16(11)3)6-8(2)7-10(12)14/h6-7H,4-5H2,1-3H3. The number of halogens is 1. The molecule has 3 nitrogen and oxygen atoms in total. The van der Waals surface area contributed by atoms with Crippen molar-refractivity contribution >= 4 is 22.5 Å². The number of hydrogen-bond donors (Lipinski definition) is 0. The van der Waals surface area contributed by atoms with Crippen molar-refractivity contribution in [2.75, 3.05) is 0 Å². The van der Waals surface area contributed by atoms with E-state index in [2.05, 4.69) is 11.9 Å². The van der Waals surface area contributed by atoms with Gasteiger partial charge in [0, 0.05) is 13.5 Å². The van der Waals surface area contributed by atoms with Crippen molar-refractivity contribution in [2.24, 2.45) is 7.05 Å². The van der Waals surface area contributed by atoms with Crippen LogP contribution in [0.1, 0.15) is 24.7 Å². The molecule has 0 atom stereocenters. The lowest BCUT2D eigenvalue weighted by atomic mass is 10.1. The zero-order chi connectivity index (χ0) is 12.6. The first-order valence-corrected chi connectivity index (χ1v) is 6.08. The maximum atomic E-state index is 12.2. The highest BCUT2D eigenvalue weighted by Crippen LogP contribution is 2.21. The molecule has 0 aliphatic carbocycles. The van der Waals surface area contributed by atoms with Gasteiger partial charge in [0.1, 0.15) is 5.82 Å². The van der Waals surface area contributed by atoms with Crippen molar-refractivity contribution in [1.82, 2.24) is 9.55 Å². The Hall–Kier alpha value is -1.35. The van der Waals surface area contributed by atoms with Gasteiger partial charge in [-0.1, -0.05) is 18.5 Å². The highest BCUT2D eigenvalue weighted by molar-refractivity contribution is 6.35. The molecule has 17 heavy (non-hydrogen) atoms. The van der Waals surface area contributed by atoms with Gasteiger partial charge in [0.25, 0.3) is 5.56 Å². The molecule has 1 aromatic carbocycles. The molecule has 0 radical (unpaired) electrons. The van der Waals surface area contributed by atoms with Gasteiger partial charge in [-0.05, 0) is 31.0 Å². The van der Waals surface area contributed by atoms with Gasteiger partial charge >= 0.3 is 0 Å². The summed E-state index contributed by atoms with van der Waals surface area (Å²) in [6, 6.07) is 3.68. The van der Waals surface area contributed by atoms with Crippen LogP contribution in [0.2, 0.25) is 5.02 Å². The zero-order valence-corrected chi connectivity index (χ0v) is 11.0. The Kier molecular flexibility index (Phi) is 3.20. The molecule has 0 amide bonds. The first-order chi connectivity index (χ1) is 8.04. The van der Waals surface area contributed by atoms with E-state index in [1.54, 1.807) is 11.6 Å². The minimum Gasteiger partial charge on any atom is -0.299 e. The third-order valence-electron chi connectivity index (χ3n) is 2.84. The number of rotatable bonds is 2. The third-order valence-corrected chi connectivity index (χ3v) is 3.13. The van der Waals surface area contributed by atoms with Crippen LogP contribution in [0.4, 0.5) is 0 Å². The Morgan fingerprint density at radius 2 is 2.12 bits per heavy atom. The van der Waals surface area contributed by atoms with E-state index < -0.39 is 0 Å². The highest BCUT2D eigenvalue weighted by atomic mass is 35.5. The van der Waals surface area contributed by atoms with E-state index in [4.69, 9.17) is 11.6 Å². The second kappa shape index (κ2) is 4.49. The summed E-state index contributed by atoms with van der Waals surface area (Å²) in [5.74, 6) is 0.788. The number of hydrogen-bond acceptors (Lipinski definition) is 2. The summed E-state index contributed by atoms with van der Waals surface area (Å²) in [6.07, 6.45) is 1.74. The predicted octanol–water partition coefficient (Wildman–Crippen LogP) is 2.85. The fourth-order valence-electron chi connectivity index (χ4n) is 1.96. The summed E-state index contributed by atoms with van der Waals surface area (Å²) >= 11 is 6.15. The summed E-state index contributed by atoms with van der Waals surface area (Å²) in [7, 11) is 1.76. The molecule has 0 N–H and O–H groups in total. The van der Waals surface area contributed by atoms with E-state index in [-0.39, 0.29) is 5.56 Å². The van der Waals surface area contributed by atoms with Gasteiger partial charge in [0.2, 0.25) is 0 Å². The first kappa shape index (κ1) is 12.1. The fourth-order valence-corrected chi connectivity index (χ4v) is 2.28. The molecule has 2 aromatic rings. The second-order valence-corrected chi connectivity index (χ2v) is 4.69. The molecule has 1 heterocycles. The van der Waals surface area contributed by atoms with Crippen LogP contribution in [0.3, 0.4) is 0 Å². The minimum absolute atomic E-state index is 0.0240. The van der Waals surface area contributed by atoms with Crippen molar-refractivity contribution in [3.05, 3.63) is 38.9 Å². The average Bonchev–Trinajstić information content (AvgIpc) is 2.27. The summed E-state index contributed by atoms with van der Waals surface area (Å²) in [5, 5.41) is 1.15. The van der Waals surface area contributed by atoms with Crippen LogP contribution < -0.4 is 5.56 Å². The third kappa shape index (κ3) is 2.07. The lowest BCUT2D eigenvalue weighted by Gasteiger charge is -2.09. The smallest absolute Gasteiger partial charge is 0.261 e. The van der Waals surface area contributed by atoms with E-state index in [1.807, 2.05) is 19.1 Å². The van der Waals surface area contributed by atoms with Gasteiger partial charge in [0.15, 0.2) is 0 Å². The summed E-state index contributed by atoms with van der Waals surface area (Å²) in [4.78, 5) is 16.7. The van der Waals surface area contributed by atoms with Gasteiger partial charge < -0.3 is 0 Å². The van der Waals surface area contributed by atoms with Gasteiger partial charge in [-0.3, -0.25) is 9.36 Å². The Bertz CT molecular complexity index is 631. The lowest BCUT2D eigenvalue weighted by molar-refractivity contribution is 0.717. The molecule has 1 aromatic heterocycles. The molecule has 0 spiro atoms. The molecule has 0 unspecified atom stereocenters. The minimum atomic E-state index is -0.0240. The van der Waals surface area contributed by atoms with Crippen molar-refractivity contribution in [1.29, 1.82) is 0 Å². The molecule has 0 aliphatic rings. The van der Waals surface area contributed by atoms with Gasteiger partial charge in [-0.15, -0.1) is 0 Å². The van der Waals surface area contributed by atoms with E-state index in [0.29, 0.717) is 15.9 Å². The van der Waals surface area contributed by atoms with Crippen LogP contribution >= 0.6 is 11.6 Å². The maximum absolute atomic E-state index is 12.2. The fraction of sp³-hybridized carbons (Fsp3) is 0.385. The molecular weight excluding hydrogens is 236 g/mol. The summed E-state index contributed by atoms with van der Waals surface area (Å²) in [6.45, 7) is 3.98. The predicted molar refractivity (Wildman–Crippen MR) is 70.7 cm³/mol. The Morgan fingerprint density at radius 1 is 1.41 bits per heavy atom. The molecule has 4 heteroatoms. The molecule has 90 valence electrons. The highest BCUT2D eigenvalue weighted by Gasteiger charge is 2.10. The first-order valence-electron chi connectivity index (χ1n) is 5.70. The van der Waals surface area contributed by atoms with Gasteiger partial charge in [0.05, 0.1) is 15.9 Å². The Labute approximate surface area is 105 Å². The maximum Gasteiger partial charge on any atom is 0.261 e. The van der Waals surface area contributed by atoms with Crippen LogP contribution in [-0.2, 0) is 13.5 Å². The van der Waals surface area contributed by atoms with Crippen LogP contribution in [0.25, 0.3) is 10.9 Å². The van der Waals surface area contributed by atoms with E-state index >= 15 is 0 Å². The lowest BCUT2D eigenvalue weighted by Crippen LogP contribution is -2.22. The average molecular weight is 251 g/mol. The van der Waals surface area contributed by atoms with Crippen molar-refractivity contribution < 1.29 is 0 Å². The molecule has 0 fully saturated rings. The molecule has 2 rings (SSSR count). The van der Waals surface area contributed by atoms with Crippen LogP contribution in [0.15, 0.2) is 16.9 Å². The largest absolute Gasteiger partial charge is 0.299 e. The summed E-state index contributed by atoms with van der Waals surface area (Å²) in [5.41, 5.74) is 1.57. The van der Waals surface area contributed by atoms with E-state index in [0.717, 1.165) is 24.2 Å². The quantitative estimate of drug-likeness (QED) is 0.822. The molecule has 0 saturated carbocycles. The topological polar surface area (TPSA) is 34.9 Å². The van der Waals surface area contributed by atoms with Gasteiger partial charge in [-0.25, -0.2) is 4.98 Å². The monoisotopic (exact) mass is 250 g/mol. The number of fused-ring (bicyclic) bond motifs is 1. The molecule has 0 aliphatic heterocycles. The van der Waals surface area contributed by atoms with E-state index in [1.165, 1.54) is 0 Å². The number of aryl methyl sites for hydroxylation is 2. The van der Waals surface area contributed by atoms with Crippen molar-refractivity contribution in [3.63, 3.8) is 0 Å². The second-order valence-electron chi connectivity index (χ2n) is 4.29. The number of nitrogens with zero attached hydrogens (tertiary/aromatic N) is 2. The van der Waals surface area contributed by atoms with Crippen LogP contribution in [0, 0.1) is 6.92 Å². The van der Waals surface area contributed by atoms with Crippen LogP contribution in [-0.4, -0.2) is 9.55 Å². The Balaban J connectivity index is 2.86. The molecular formula is C13H15ClN2O. The summed E-state index contributed by atoms with van der Waals surface area (Å²) < 4.78 is 1.61. The van der Waals surface area contributed by atoms with Gasteiger partial charge in [-0.2, -0.15) is 0 Å². The van der Waals surface area contributed by atoms with Crippen LogP contribution in [0.5, 0.6) is 0 Å². The molecule has 0 saturated heterocycles. The van der Waals surface area contributed by atoms with E-state index in [9.17, 15) is 4.79 Å².